The number of benzene rings is 1. The molecule has 5 aliphatic rings. The van der Waals surface area contributed by atoms with E-state index >= 15 is 0 Å². The molecule has 0 radical (unpaired) electrons. The normalized spacial score (nSPS) is 40.9. The Kier molecular flexibility index (Phi) is 2.23. The van der Waals surface area contributed by atoms with Crippen molar-refractivity contribution < 1.29 is 9.59 Å². The Balaban J connectivity index is 1.60. The lowest BCUT2D eigenvalue weighted by molar-refractivity contribution is -0.124. The van der Waals surface area contributed by atoms with Crippen molar-refractivity contribution in [3.63, 3.8) is 0 Å². The highest BCUT2D eigenvalue weighted by atomic mass is 16.2. The van der Waals surface area contributed by atoms with Crippen LogP contribution in [0.4, 0.5) is 5.69 Å². The summed E-state index contributed by atoms with van der Waals surface area (Å²) < 4.78 is 0. The van der Waals surface area contributed by atoms with Crippen LogP contribution in [0.3, 0.4) is 0 Å². The quantitative estimate of drug-likeness (QED) is 0.590. The summed E-state index contributed by atoms with van der Waals surface area (Å²) in [4.78, 5) is 27.5. The molecule has 0 unspecified atom stereocenters. The maximum atomic E-state index is 13.0. The molecule has 1 aromatic carbocycles. The minimum absolute atomic E-state index is 0.0339. The number of hydrogen-bond acceptors (Lipinski definition) is 2. The molecule has 1 saturated heterocycles. The molecule has 3 fully saturated rings. The summed E-state index contributed by atoms with van der Waals surface area (Å²) in [7, 11) is 0. The van der Waals surface area contributed by atoms with Gasteiger partial charge in [-0.25, -0.2) is 4.90 Å². The van der Waals surface area contributed by atoms with Crippen molar-refractivity contribution in [2.75, 3.05) is 4.90 Å². The van der Waals surface area contributed by atoms with E-state index in [1.165, 1.54) is 11.3 Å². The fourth-order valence-electron chi connectivity index (χ4n) is 5.25. The van der Waals surface area contributed by atoms with Crippen molar-refractivity contribution in [1.29, 1.82) is 0 Å². The molecule has 6 rings (SSSR count). The van der Waals surface area contributed by atoms with Gasteiger partial charge in [0.05, 0.1) is 17.5 Å². The number of imide groups is 1. The lowest BCUT2D eigenvalue weighted by Crippen LogP contribution is -2.40. The standard InChI is InChI=1S/C19H19NO2/c1-9-3-6-15(10(2)7-9)20-18(21)16-11-4-5-12(14-8-13(11)14)17(16)19(20)22/h3-7,11-14,16-17H,8H2,1-2H3/t11-,12-,13-,14+,16-,17+/m0/s1. The first kappa shape index (κ1) is 12.6. The van der Waals surface area contributed by atoms with Crippen LogP contribution in [0.15, 0.2) is 30.4 Å². The van der Waals surface area contributed by atoms with Crippen molar-refractivity contribution >= 4 is 17.5 Å². The third-order valence-corrected chi connectivity index (χ3v) is 6.26. The second kappa shape index (κ2) is 3.89. The van der Waals surface area contributed by atoms with Gasteiger partial charge >= 0.3 is 0 Å². The zero-order valence-corrected chi connectivity index (χ0v) is 12.8. The number of nitrogens with zero attached hydrogens (tertiary/aromatic N) is 1. The predicted octanol–water partition coefficient (Wildman–Crippen LogP) is 2.86. The van der Waals surface area contributed by atoms with Crippen LogP contribution in [0, 0.1) is 49.4 Å². The third kappa shape index (κ3) is 1.37. The Bertz CT molecular complexity index is 714. The molecule has 0 N–H and O–H groups in total. The van der Waals surface area contributed by atoms with Crippen LogP contribution in [-0.4, -0.2) is 11.8 Å². The van der Waals surface area contributed by atoms with E-state index in [2.05, 4.69) is 12.2 Å². The zero-order chi connectivity index (χ0) is 15.2. The number of hydrogen-bond donors (Lipinski definition) is 0. The fraction of sp³-hybridized carbons (Fsp3) is 0.474. The Morgan fingerprint density at radius 2 is 1.55 bits per heavy atom. The maximum Gasteiger partial charge on any atom is 0.238 e. The van der Waals surface area contributed by atoms with Gasteiger partial charge in [-0.1, -0.05) is 29.8 Å². The molecule has 4 aliphatic carbocycles. The van der Waals surface area contributed by atoms with Gasteiger partial charge in [-0.05, 0) is 55.6 Å². The fourth-order valence-corrected chi connectivity index (χ4v) is 5.25. The molecule has 0 spiro atoms. The number of rotatable bonds is 1. The first-order valence-electron chi connectivity index (χ1n) is 8.21. The highest BCUT2D eigenvalue weighted by Gasteiger charge is 2.67. The lowest BCUT2D eigenvalue weighted by atomic mass is 9.63. The molecule has 1 aromatic rings. The van der Waals surface area contributed by atoms with Crippen molar-refractivity contribution in [2.24, 2.45) is 35.5 Å². The van der Waals surface area contributed by atoms with Gasteiger partial charge in [0.15, 0.2) is 0 Å². The second-order valence-corrected chi connectivity index (χ2v) is 7.46. The number of anilines is 1. The van der Waals surface area contributed by atoms with E-state index in [0.717, 1.165) is 16.8 Å². The summed E-state index contributed by atoms with van der Waals surface area (Å²) in [5, 5.41) is 0. The number of carbonyl (C=O) groups excluding carboxylic acids is 2. The molecule has 2 bridgehead atoms. The van der Waals surface area contributed by atoms with Crippen LogP contribution in [0.25, 0.3) is 0 Å². The summed E-state index contributed by atoms with van der Waals surface area (Å²) in [6.45, 7) is 4.01. The van der Waals surface area contributed by atoms with E-state index in [-0.39, 0.29) is 23.7 Å². The van der Waals surface area contributed by atoms with Gasteiger partial charge in [-0.3, -0.25) is 9.59 Å². The van der Waals surface area contributed by atoms with Crippen molar-refractivity contribution in [3.8, 4) is 0 Å². The van der Waals surface area contributed by atoms with Gasteiger partial charge in [-0.2, -0.15) is 0 Å². The summed E-state index contributed by atoms with van der Waals surface area (Å²) in [5.41, 5.74) is 2.94. The molecule has 3 nitrogen and oxygen atoms in total. The van der Waals surface area contributed by atoms with Gasteiger partial charge < -0.3 is 0 Å². The molecule has 3 heteroatoms. The maximum absolute atomic E-state index is 13.0. The molecule has 0 aromatic heterocycles. The lowest BCUT2D eigenvalue weighted by Gasteiger charge is -2.37. The van der Waals surface area contributed by atoms with Crippen molar-refractivity contribution in [3.05, 3.63) is 41.5 Å². The van der Waals surface area contributed by atoms with E-state index in [9.17, 15) is 9.59 Å². The van der Waals surface area contributed by atoms with Crippen LogP contribution >= 0.6 is 0 Å². The van der Waals surface area contributed by atoms with Crippen LogP contribution in [0.1, 0.15) is 17.5 Å². The van der Waals surface area contributed by atoms with Crippen LogP contribution < -0.4 is 4.90 Å². The molecule has 2 saturated carbocycles. The van der Waals surface area contributed by atoms with Crippen LogP contribution in [0.5, 0.6) is 0 Å². The highest BCUT2D eigenvalue weighted by Crippen LogP contribution is 2.65. The molecule has 2 amide bonds. The average molecular weight is 293 g/mol. The summed E-state index contributed by atoms with van der Waals surface area (Å²) in [5.74, 6) is 1.77. The van der Waals surface area contributed by atoms with Gasteiger partial charge in [-0.15, -0.1) is 0 Å². The number of aryl methyl sites for hydroxylation is 2. The van der Waals surface area contributed by atoms with E-state index in [0.29, 0.717) is 23.7 Å². The Morgan fingerprint density at radius 3 is 2.09 bits per heavy atom. The smallest absolute Gasteiger partial charge is 0.238 e. The highest BCUT2D eigenvalue weighted by molar-refractivity contribution is 6.23. The van der Waals surface area contributed by atoms with E-state index in [1.807, 2.05) is 32.0 Å². The van der Waals surface area contributed by atoms with Crippen LogP contribution in [-0.2, 0) is 9.59 Å². The Labute approximate surface area is 130 Å². The second-order valence-electron chi connectivity index (χ2n) is 7.46. The largest absolute Gasteiger partial charge is 0.274 e. The minimum Gasteiger partial charge on any atom is -0.274 e. The van der Waals surface area contributed by atoms with E-state index in [1.54, 1.807) is 0 Å². The molecular formula is C19H19NO2. The zero-order valence-electron chi connectivity index (χ0n) is 12.8. The Morgan fingerprint density at radius 1 is 0.955 bits per heavy atom. The van der Waals surface area contributed by atoms with Gasteiger partial charge in [0, 0.05) is 0 Å². The molecule has 22 heavy (non-hydrogen) atoms. The van der Waals surface area contributed by atoms with E-state index < -0.39 is 0 Å². The molecule has 112 valence electrons. The molecule has 1 aliphatic heterocycles. The number of allylic oxidation sites excluding steroid dienone is 2. The molecule has 1 heterocycles. The summed E-state index contributed by atoms with van der Waals surface area (Å²) in [6.07, 6.45) is 5.65. The average Bonchev–Trinajstić information content (AvgIpc) is 3.26. The predicted molar refractivity (Wildman–Crippen MR) is 83.1 cm³/mol. The number of amides is 2. The van der Waals surface area contributed by atoms with Gasteiger partial charge in [0.1, 0.15) is 0 Å². The monoisotopic (exact) mass is 293 g/mol. The Hall–Kier alpha value is -1.90. The molecule has 6 atom stereocenters. The summed E-state index contributed by atoms with van der Waals surface area (Å²) >= 11 is 0. The van der Waals surface area contributed by atoms with Crippen molar-refractivity contribution in [1.82, 2.24) is 0 Å². The first-order chi connectivity index (χ1) is 10.6. The van der Waals surface area contributed by atoms with Crippen molar-refractivity contribution in [2.45, 2.75) is 20.3 Å². The minimum atomic E-state index is -0.105. The first-order valence-corrected chi connectivity index (χ1v) is 8.21. The SMILES string of the molecule is Cc1ccc(N2C(=O)[C@@H]3[C@H]4C=C[C@@H]([C@@H]5C[C@H]45)[C@@H]3C2=O)c(C)c1. The van der Waals surface area contributed by atoms with Crippen LogP contribution in [0.2, 0.25) is 0 Å². The summed E-state index contributed by atoms with van der Waals surface area (Å²) in [6, 6.07) is 5.95. The third-order valence-electron chi connectivity index (χ3n) is 6.26. The molecular weight excluding hydrogens is 274 g/mol. The van der Waals surface area contributed by atoms with E-state index in [4.69, 9.17) is 0 Å². The topological polar surface area (TPSA) is 37.4 Å². The van der Waals surface area contributed by atoms with Gasteiger partial charge in [0.25, 0.3) is 0 Å². The van der Waals surface area contributed by atoms with Gasteiger partial charge in [0.2, 0.25) is 11.8 Å². The number of carbonyl (C=O) groups is 2.